The third-order valence-corrected chi connectivity index (χ3v) is 3.41. The minimum atomic E-state index is -0.498. The lowest BCUT2D eigenvalue weighted by molar-refractivity contribution is 0.0904. The molecule has 0 fully saturated rings. The second-order valence-corrected chi connectivity index (χ2v) is 5.41. The van der Waals surface area contributed by atoms with Gasteiger partial charge in [-0.3, -0.25) is 4.79 Å². The van der Waals surface area contributed by atoms with Gasteiger partial charge in [-0.1, -0.05) is 25.4 Å². The number of nitrogens with one attached hydrogen (secondary N) is 1. The van der Waals surface area contributed by atoms with Crippen molar-refractivity contribution in [1.82, 2.24) is 5.32 Å². The Kier molecular flexibility index (Phi) is 5.25. The summed E-state index contributed by atoms with van der Waals surface area (Å²) in [7, 11) is 0. The van der Waals surface area contributed by atoms with Gasteiger partial charge in [-0.2, -0.15) is 0 Å². The summed E-state index contributed by atoms with van der Waals surface area (Å²) in [5.41, 5.74) is 0. The van der Waals surface area contributed by atoms with Crippen LogP contribution in [0.15, 0.2) is 11.4 Å². The monoisotopic (exact) mass is 261 g/mol. The average molecular weight is 262 g/mol. The predicted octanol–water partition coefficient (Wildman–Crippen LogP) is 2.54. The van der Waals surface area contributed by atoms with Gasteiger partial charge in [0.2, 0.25) is 0 Å². The number of thiophene rings is 1. The van der Waals surface area contributed by atoms with Crippen LogP contribution in [0, 0.1) is 5.92 Å². The molecule has 5 heteroatoms. The van der Waals surface area contributed by atoms with Crippen molar-refractivity contribution in [2.45, 2.75) is 26.4 Å². The van der Waals surface area contributed by atoms with Gasteiger partial charge < -0.3 is 10.4 Å². The fourth-order valence-electron chi connectivity index (χ4n) is 1.37. The highest BCUT2D eigenvalue weighted by Crippen LogP contribution is 2.21. The molecule has 0 aliphatic heterocycles. The van der Waals surface area contributed by atoms with Crippen molar-refractivity contribution in [2.75, 3.05) is 6.54 Å². The van der Waals surface area contributed by atoms with E-state index in [1.54, 1.807) is 11.4 Å². The zero-order valence-electron chi connectivity index (χ0n) is 9.37. The van der Waals surface area contributed by atoms with Crippen LogP contribution in [0.4, 0.5) is 0 Å². The fourth-order valence-corrected chi connectivity index (χ4v) is 2.43. The number of rotatable bonds is 5. The van der Waals surface area contributed by atoms with E-state index >= 15 is 0 Å². The molecule has 2 N–H and O–H groups in total. The Morgan fingerprint density at radius 3 is 2.81 bits per heavy atom. The van der Waals surface area contributed by atoms with E-state index in [2.05, 4.69) is 5.32 Å². The highest BCUT2D eigenvalue weighted by atomic mass is 35.5. The molecule has 1 unspecified atom stereocenters. The maximum absolute atomic E-state index is 11.6. The van der Waals surface area contributed by atoms with E-state index in [0.29, 0.717) is 22.2 Å². The quantitative estimate of drug-likeness (QED) is 0.856. The van der Waals surface area contributed by atoms with Crippen molar-refractivity contribution in [1.29, 1.82) is 0 Å². The van der Waals surface area contributed by atoms with Crippen LogP contribution >= 0.6 is 22.9 Å². The first-order chi connectivity index (χ1) is 7.50. The van der Waals surface area contributed by atoms with E-state index in [-0.39, 0.29) is 12.5 Å². The maximum Gasteiger partial charge on any atom is 0.262 e. The van der Waals surface area contributed by atoms with E-state index in [0.717, 1.165) is 0 Å². The summed E-state index contributed by atoms with van der Waals surface area (Å²) in [4.78, 5) is 12.1. The molecule has 0 radical (unpaired) electrons. The van der Waals surface area contributed by atoms with Crippen LogP contribution in [0.3, 0.4) is 0 Å². The van der Waals surface area contributed by atoms with Gasteiger partial charge in [-0.15, -0.1) is 11.3 Å². The van der Waals surface area contributed by atoms with E-state index in [1.807, 2.05) is 13.8 Å². The summed E-state index contributed by atoms with van der Waals surface area (Å²) < 4.78 is 0. The first-order valence-electron chi connectivity index (χ1n) is 5.20. The molecule has 1 heterocycles. The summed E-state index contributed by atoms with van der Waals surface area (Å²) in [6, 6.07) is 1.69. The van der Waals surface area contributed by atoms with Crippen molar-refractivity contribution in [3.05, 3.63) is 21.3 Å². The van der Waals surface area contributed by atoms with Crippen LogP contribution in [-0.4, -0.2) is 23.7 Å². The lowest BCUT2D eigenvalue weighted by atomic mass is 10.1. The lowest BCUT2D eigenvalue weighted by Gasteiger charge is -2.13. The van der Waals surface area contributed by atoms with Crippen molar-refractivity contribution < 1.29 is 9.90 Å². The Morgan fingerprint density at radius 1 is 1.62 bits per heavy atom. The molecule has 1 aromatic heterocycles. The van der Waals surface area contributed by atoms with Gasteiger partial charge in [0.25, 0.3) is 5.91 Å². The number of hydrogen-bond donors (Lipinski definition) is 2. The number of aliphatic hydroxyl groups excluding tert-OH is 1. The molecule has 16 heavy (non-hydrogen) atoms. The van der Waals surface area contributed by atoms with Gasteiger partial charge in [-0.25, -0.2) is 0 Å². The maximum atomic E-state index is 11.6. The minimum absolute atomic E-state index is 0.220. The molecule has 1 amide bonds. The minimum Gasteiger partial charge on any atom is -0.391 e. The lowest BCUT2D eigenvalue weighted by Crippen LogP contribution is -2.32. The van der Waals surface area contributed by atoms with Crippen LogP contribution in [0.1, 0.15) is 29.9 Å². The highest BCUT2D eigenvalue weighted by Gasteiger charge is 2.13. The molecule has 0 saturated heterocycles. The first kappa shape index (κ1) is 13.5. The largest absolute Gasteiger partial charge is 0.391 e. The van der Waals surface area contributed by atoms with Crippen LogP contribution in [0.2, 0.25) is 5.02 Å². The highest BCUT2D eigenvalue weighted by molar-refractivity contribution is 7.12. The first-order valence-corrected chi connectivity index (χ1v) is 6.45. The smallest absolute Gasteiger partial charge is 0.262 e. The summed E-state index contributed by atoms with van der Waals surface area (Å²) in [5.74, 6) is 0.194. The standard InChI is InChI=1S/C11H16ClNO2S/c1-7(2)5-8(14)6-13-11(15)10-9(12)3-4-16-10/h3-4,7-8,14H,5-6H2,1-2H3,(H,13,15). The molecule has 0 spiro atoms. The number of carbonyl (C=O) groups is 1. The van der Waals surface area contributed by atoms with Crippen molar-refractivity contribution in [3.8, 4) is 0 Å². The molecule has 1 aromatic rings. The molecule has 0 bridgehead atoms. The molecule has 1 rings (SSSR count). The number of aliphatic hydroxyl groups is 1. The molecule has 0 aromatic carbocycles. The summed E-state index contributed by atoms with van der Waals surface area (Å²) in [5, 5.41) is 14.5. The SMILES string of the molecule is CC(C)CC(O)CNC(=O)c1sccc1Cl. The van der Waals surface area contributed by atoms with Crippen molar-refractivity contribution in [2.24, 2.45) is 5.92 Å². The van der Waals surface area contributed by atoms with Gasteiger partial charge in [0.1, 0.15) is 4.88 Å². The Morgan fingerprint density at radius 2 is 2.31 bits per heavy atom. The van der Waals surface area contributed by atoms with Gasteiger partial charge >= 0.3 is 0 Å². The van der Waals surface area contributed by atoms with Crippen LogP contribution < -0.4 is 5.32 Å². The van der Waals surface area contributed by atoms with E-state index < -0.39 is 6.10 Å². The summed E-state index contributed by atoms with van der Waals surface area (Å²) >= 11 is 7.12. The summed E-state index contributed by atoms with van der Waals surface area (Å²) in [6.45, 7) is 4.33. The Labute approximate surface area is 104 Å². The third-order valence-electron chi connectivity index (χ3n) is 2.07. The average Bonchev–Trinajstić information content (AvgIpc) is 2.60. The molecule has 0 aliphatic rings. The summed E-state index contributed by atoms with van der Waals surface area (Å²) in [6.07, 6.45) is 0.182. The van der Waals surface area contributed by atoms with Gasteiger partial charge in [-0.05, 0) is 23.8 Å². The topological polar surface area (TPSA) is 49.3 Å². The second kappa shape index (κ2) is 6.23. The zero-order valence-corrected chi connectivity index (χ0v) is 10.9. The number of amides is 1. The molecular formula is C11H16ClNO2S. The normalized spacial score (nSPS) is 12.8. The van der Waals surface area contributed by atoms with Crippen LogP contribution in [0.25, 0.3) is 0 Å². The zero-order chi connectivity index (χ0) is 12.1. The van der Waals surface area contributed by atoms with E-state index in [4.69, 9.17) is 11.6 Å². The molecule has 3 nitrogen and oxygen atoms in total. The molecule has 0 saturated carbocycles. The van der Waals surface area contributed by atoms with Crippen molar-refractivity contribution in [3.63, 3.8) is 0 Å². The van der Waals surface area contributed by atoms with Crippen molar-refractivity contribution >= 4 is 28.8 Å². The van der Waals surface area contributed by atoms with Gasteiger partial charge in [0.05, 0.1) is 11.1 Å². The number of carbonyl (C=O) groups excluding carboxylic acids is 1. The molecule has 1 atom stereocenters. The Bertz CT molecular complexity index is 352. The van der Waals surface area contributed by atoms with E-state index in [1.165, 1.54) is 11.3 Å². The Hall–Kier alpha value is -0.580. The number of hydrogen-bond acceptors (Lipinski definition) is 3. The van der Waals surface area contributed by atoms with E-state index in [9.17, 15) is 9.90 Å². The second-order valence-electron chi connectivity index (χ2n) is 4.09. The van der Waals surface area contributed by atoms with Gasteiger partial charge in [0, 0.05) is 6.54 Å². The molecular weight excluding hydrogens is 246 g/mol. The van der Waals surface area contributed by atoms with Crippen LogP contribution in [0.5, 0.6) is 0 Å². The van der Waals surface area contributed by atoms with Gasteiger partial charge in [0.15, 0.2) is 0 Å². The fraction of sp³-hybridized carbons (Fsp3) is 0.545. The molecule has 90 valence electrons. The number of halogens is 1. The third kappa shape index (κ3) is 4.12. The predicted molar refractivity (Wildman–Crippen MR) is 67.1 cm³/mol. The molecule has 0 aliphatic carbocycles. The Balaban J connectivity index is 2.39. The van der Waals surface area contributed by atoms with Crippen LogP contribution in [-0.2, 0) is 0 Å².